The maximum absolute atomic E-state index is 11.8. The SMILES string of the molecule is Cc1cncc(NC(=O)N[C@H](C)c2ncnn2C)c1. The molecule has 0 aliphatic rings. The maximum atomic E-state index is 11.8. The molecule has 0 bridgehead atoms. The molecule has 1 atom stereocenters. The lowest BCUT2D eigenvalue weighted by molar-refractivity contribution is 0.248. The monoisotopic (exact) mass is 260 g/mol. The summed E-state index contributed by atoms with van der Waals surface area (Å²) in [6, 6.07) is 1.31. The van der Waals surface area contributed by atoms with Crippen LogP contribution in [0.2, 0.25) is 0 Å². The number of nitrogens with zero attached hydrogens (tertiary/aromatic N) is 4. The van der Waals surface area contributed by atoms with Crippen LogP contribution in [0.5, 0.6) is 0 Å². The summed E-state index contributed by atoms with van der Waals surface area (Å²) in [6.45, 7) is 3.76. The van der Waals surface area contributed by atoms with Crippen molar-refractivity contribution in [1.29, 1.82) is 0 Å². The molecule has 2 aromatic rings. The number of nitrogens with one attached hydrogen (secondary N) is 2. The van der Waals surface area contributed by atoms with Crippen LogP contribution in [0.15, 0.2) is 24.8 Å². The first-order valence-electron chi connectivity index (χ1n) is 5.89. The van der Waals surface area contributed by atoms with Crippen molar-refractivity contribution in [1.82, 2.24) is 25.1 Å². The molecular weight excluding hydrogens is 244 g/mol. The highest BCUT2D eigenvalue weighted by Gasteiger charge is 2.13. The van der Waals surface area contributed by atoms with Crippen LogP contribution in [-0.4, -0.2) is 25.8 Å². The van der Waals surface area contributed by atoms with Crippen LogP contribution in [0.25, 0.3) is 0 Å². The van der Waals surface area contributed by atoms with Crippen molar-refractivity contribution >= 4 is 11.7 Å². The molecule has 0 aromatic carbocycles. The minimum absolute atomic E-state index is 0.231. The van der Waals surface area contributed by atoms with E-state index in [2.05, 4.69) is 25.7 Å². The third-order valence-electron chi connectivity index (χ3n) is 2.61. The van der Waals surface area contributed by atoms with Crippen molar-refractivity contribution in [3.05, 3.63) is 36.2 Å². The van der Waals surface area contributed by atoms with E-state index in [1.807, 2.05) is 19.9 Å². The summed E-state index contributed by atoms with van der Waals surface area (Å²) in [5, 5.41) is 9.48. The minimum atomic E-state index is -0.303. The van der Waals surface area contributed by atoms with E-state index in [-0.39, 0.29) is 12.1 Å². The van der Waals surface area contributed by atoms with Gasteiger partial charge in [0.1, 0.15) is 12.2 Å². The Hall–Kier alpha value is -2.44. The van der Waals surface area contributed by atoms with Gasteiger partial charge in [0.25, 0.3) is 0 Å². The molecule has 100 valence electrons. The molecule has 0 spiro atoms. The van der Waals surface area contributed by atoms with Gasteiger partial charge in [0, 0.05) is 13.2 Å². The second kappa shape index (κ2) is 5.47. The molecule has 2 heterocycles. The average molecular weight is 260 g/mol. The fourth-order valence-corrected chi connectivity index (χ4v) is 1.75. The van der Waals surface area contributed by atoms with Crippen molar-refractivity contribution in [3.63, 3.8) is 0 Å². The Kier molecular flexibility index (Phi) is 3.74. The van der Waals surface area contributed by atoms with Crippen molar-refractivity contribution in [3.8, 4) is 0 Å². The Bertz CT molecular complexity index is 579. The highest BCUT2D eigenvalue weighted by atomic mass is 16.2. The van der Waals surface area contributed by atoms with Crippen molar-refractivity contribution in [2.45, 2.75) is 19.9 Å². The molecule has 0 fully saturated rings. The normalized spacial score (nSPS) is 11.9. The third-order valence-corrected chi connectivity index (χ3v) is 2.61. The van der Waals surface area contributed by atoms with E-state index in [4.69, 9.17) is 0 Å². The summed E-state index contributed by atoms with van der Waals surface area (Å²) < 4.78 is 1.62. The fraction of sp³-hybridized carbons (Fsp3) is 0.333. The molecule has 0 saturated carbocycles. The second-order valence-electron chi connectivity index (χ2n) is 4.31. The predicted octanol–water partition coefficient (Wildman–Crippen LogP) is 1.40. The highest BCUT2D eigenvalue weighted by Crippen LogP contribution is 2.09. The molecule has 7 heteroatoms. The number of pyridine rings is 1. The maximum Gasteiger partial charge on any atom is 0.319 e. The van der Waals surface area contributed by atoms with Crippen LogP contribution in [0.4, 0.5) is 10.5 Å². The molecule has 0 aliphatic carbocycles. The van der Waals surface area contributed by atoms with E-state index in [1.165, 1.54) is 6.33 Å². The quantitative estimate of drug-likeness (QED) is 0.873. The molecule has 2 N–H and O–H groups in total. The molecular formula is C12H16N6O. The van der Waals surface area contributed by atoms with Crippen LogP contribution < -0.4 is 10.6 Å². The number of aryl methyl sites for hydroxylation is 2. The van der Waals surface area contributed by atoms with Crippen molar-refractivity contribution < 1.29 is 4.79 Å². The number of aromatic nitrogens is 4. The standard InChI is InChI=1S/C12H16N6O/c1-8-4-10(6-13-5-8)17-12(19)16-9(2)11-14-7-15-18(11)3/h4-7,9H,1-3H3,(H2,16,17,19)/t9-/m1/s1. The molecule has 19 heavy (non-hydrogen) atoms. The summed E-state index contributed by atoms with van der Waals surface area (Å²) in [4.78, 5) is 19.9. The molecule has 7 nitrogen and oxygen atoms in total. The molecule has 2 aromatic heterocycles. The number of hydrogen-bond donors (Lipinski definition) is 2. The smallest absolute Gasteiger partial charge is 0.319 e. The third kappa shape index (κ3) is 3.27. The number of anilines is 1. The fourth-order valence-electron chi connectivity index (χ4n) is 1.75. The number of rotatable bonds is 3. The number of hydrogen-bond acceptors (Lipinski definition) is 4. The summed E-state index contributed by atoms with van der Waals surface area (Å²) in [6.07, 6.45) is 4.78. The van der Waals surface area contributed by atoms with Crippen molar-refractivity contribution in [2.75, 3.05) is 5.32 Å². The van der Waals surface area contributed by atoms with Gasteiger partial charge in [-0.25, -0.2) is 9.78 Å². The summed E-state index contributed by atoms with van der Waals surface area (Å²) in [5.41, 5.74) is 1.64. The predicted molar refractivity (Wildman–Crippen MR) is 70.5 cm³/mol. The van der Waals surface area contributed by atoms with Gasteiger partial charge in [0.05, 0.1) is 17.9 Å². The van der Waals surface area contributed by atoms with Crippen LogP contribution in [0.1, 0.15) is 24.4 Å². The van der Waals surface area contributed by atoms with Gasteiger partial charge in [-0.05, 0) is 25.5 Å². The van der Waals surface area contributed by atoms with E-state index >= 15 is 0 Å². The second-order valence-corrected chi connectivity index (χ2v) is 4.31. The zero-order valence-electron chi connectivity index (χ0n) is 11.1. The number of carbonyl (C=O) groups is 1. The Morgan fingerprint density at radius 3 is 2.84 bits per heavy atom. The van der Waals surface area contributed by atoms with E-state index in [1.54, 1.807) is 24.1 Å². The van der Waals surface area contributed by atoms with Gasteiger partial charge in [-0.3, -0.25) is 9.67 Å². The van der Waals surface area contributed by atoms with E-state index in [0.29, 0.717) is 11.5 Å². The van der Waals surface area contributed by atoms with Crippen molar-refractivity contribution in [2.24, 2.45) is 7.05 Å². The Balaban J connectivity index is 1.96. The Morgan fingerprint density at radius 1 is 1.42 bits per heavy atom. The topological polar surface area (TPSA) is 84.7 Å². The van der Waals surface area contributed by atoms with Gasteiger partial charge in [-0.15, -0.1) is 0 Å². The van der Waals surface area contributed by atoms with Crippen LogP contribution in [0, 0.1) is 6.92 Å². The zero-order chi connectivity index (χ0) is 13.8. The summed E-state index contributed by atoms with van der Waals surface area (Å²) in [5.74, 6) is 0.692. The first-order chi connectivity index (χ1) is 9.06. The van der Waals surface area contributed by atoms with Gasteiger partial charge in [0.15, 0.2) is 0 Å². The van der Waals surface area contributed by atoms with Crippen LogP contribution in [-0.2, 0) is 7.05 Å². The zero-order valence-corrected chi connectivity index (χ0v) is 11.1. The molecule has 2 rings (SSSR count). The number of carbonyl (C=O) groups excluding carboxylic acids is 1. The number of urea groups is 1. The lowest BCUT2D eigenvalue weighted by Crippen LogP contribution is -2.32. The van der Waals surface area contributed by atoms with E-state index in [9.17, 15) is 4.79 Å². The van der Waals surface area contributed by atoms with Gasteiger partial charge < -0.3 is 10.6 Å². The molecule has 0 saturated heterocycles. The highest BCUT2D eigenvalue weighted by molar-refractivity contribution is 5.89. The summed E-state index contributed by atoms with van der Waals surface area (Å²) >= 11 is 0. The molecule has 0 radical (unpaired) electrons. The van der Waals surface area contributed by atoms with Crippen LogP contribution >= 0.6 is 0 Å². The minimum Gasteiger partial charge on any atom is -0.328 e. The molecule has 0 aliphatic heterocycles. The molecule has 2 amide bonds. The van der Waals surface area contributed by atoms with E-state index in [0.717, 1.165) is 5.56 Å². The first kappa shape index (κ1) is 13.0. The van der Waals surface area contributed by atoms with Gasteiger partial charge >= 0.3 is 6.03 Å². The lowest BCUT2D eigenvalue weighted by atomic mass is 10.3. The van der Waals surface area contributed by atoms with Gasteiger partial charge in [0.2, 0.25) is 0 Å². The van der Waals surface area contributed by atoms with E-state index < -0.39 is 0 Å². The lowest BCUT2D eigenvalue weighted by Gasteiger charge is -2.13. The Morgan fingerprint density at radius 2 is 2.21 bits per heavy atom. The average Bonchev–Trinajstić information content (AvgIpc) is 2.75. The van der Waals surface area contributed by atoms with Gasteiger partial charge in [-0.1, -0.05) is 0 Å². The molecule has 0 unspecified atom stereocenters. The van der Waals surface area contributed by atoms with Crippen LogP contribution in [0.3, 0.4) is 0 Å². The largest absolute Gasteiger partial charge is 0.328 e. The summed E-state index contributed by atoms with van der Waals surface area (Å²) in [7, 11) is 1.78. The Labute approximate surface area is 111 Å². The number of amides is 2. The first-order valence-corrected chi connectivity index (χ1v) is 5.89. The van der Waals surface area contributed by atoms with Gasteiger partial charge in [-0.2, -0.15) is 5.10 Å².